The third-order valence-corrected chi connectivity index (χ3v) is 4.76. The van der Waals surface area contributed by atoms with E-state index in [9.17, 15) is 9.59 Å². The van der Waals surface area contributed by atoms with Crippen molar-refractivity contribution in [1.82, 2.24) is 4.98 Å². The Hall–Kier alpha value is -1.73. The van der Waals surface area contributed by atoms with Crippen LogP contribution < -0.4 is 10.1 Å². The lowest BCUT2D eigenvalue weighted by atomic mass is 10.1. The molecule has 1 aromatic heterocycles. The molecule has 0 atom stereocenters. The summed E-state index contributed by atoms with van der Waals surface area (Å²) in [6.45, 7) is 0. The summed E-state index contributed by atoms with van der Waals surface area (Å²) < 4.78 is 9.75. The minimum atomic E-state index is -0.735. The summed E-state index contributed by atoms with van der Waals surface area (Å²) >= 11 is 23.6. The molecule has 0 saturated carbocycles. The van der Waals surface area contributed by atoms with Crippen LogP contribution in [-0.4, -0.2) is 31.1 Å². The number of hydrogen-bond donors (Lipinski definition) is 1. The zero-order valence-corrected chi connectivity index (χ0v) is 15.8. The van der Waals surface area contributed by atoms with Gasteiger partial charge in [-0.2, -0.15) is 0 Å². The van der Waals surface area contributed by atoms with Crippen LogP contribution in [0.4, 0.5) is 5.69 Å². The van der Waals surface area contributed by atoms with Gasteiger partial charge in [0.05, 0.1) is 40.5 Å². The van der Waals surface area contributed by atoms with Gasteiger partial charge in [0, 0.05) is 0 Å². The first-order valence-electron chi connectivity index (χ1n) is 6.57. The van der Waals surface area contributed by atoms with Gasteiger partial charge in [0.25, 0.3) is 5.91 Å². The smallest absolute Gasteiger partial charge is 0.340 e. The molecule has 0 aliphatic rings. The standard InChI is InChI=1S/C15H10Cl4N2O4/c1-24-6-3-4-8(7(5-6)15(23)25-2)20-14(22)12-10(17)9(16)11(18)13(19)21-12/h3-5H,1-2H3,(H,20,22). The highest BCUT2D eigenvalue weighted by Gasteiger charge is 2.22. The highest BCUT2D eigenvalue weighted by molar-refractivity contribution is 6.52. The number of hydrogen-bond acceptors (Lipinski definition) is 5. The Bertz CT molecular complexity index is 858. The topological polar surface area (TPSA) is 77.5 Å². The number of pyridine rings is 1. The van der Waals surface area contributed by atoms with E-state index in [2.05, 4.69) is 10.3 Å². The number of rotatable bonds is 4. The maximum Gasteiger partial charge on any atom is 0.340 e. The van der Waals surface area contributed by atoms with Crippen molar-refractivity contribution in [2.24, 2.45) is 0 Å². The molecule has 1 amide bonds. The number of nitrogens with one attached hydrogen (secondary N) is 1. The minimum absolute atomic E-state index is 0.0652. The number of carbonyl (C=O) groups excluding carboxylic acids is 2. The normalized spacial score (nSPS) is 10.3. The Morgan fingerprint density at radius 3 is 2.32 bits per heavy atom. The average molecular weight is 424 g/mol. The molecule has 0 unspecified atom stereocenters. The second-order valence-corrected chi connectivity index (χ2v) is 6.04. The van der Waals surface area contributed by atoms with Crippen molar-refractivity contribution >= 4 is 64.0 Å². The lowest BCUT2D eigenvalue weighted by Crippen LogP contribution is -2.17. The van der Waals surface area contributed by atoms with E-state index in [4.69, 9.17) is 55.9 Å². The molecule has 132 valence electrons. The maximum absolute atomic E-state index is 12.5. The number of nitrogens with zero attached hydrogens (tertiary/aromatic N) is 1. The minimum Gasteiger partial charge on any atom is -0.497 e. The predicted octanol–water partition coefficient (Wildman–Crippen LogP) is 4.74. The lowest BCUT2D eigenvalue weighted by molar-refractivity contribution is 0.0601. The molecule has 0 saturated heterocycles. The predicted molar refractivity (Wildman–Crippen MR) is 96.6 cm³/mol. The second kappa shape index (κ2) is 8.10. The highest BCUT2D eigenvalue weighted by atomic mass is 35.5. The summed E-state index contributed by atoms with van der Waals surface area (Å²) in [5.74, 6) is -0.992. The van der Waals surface area contributed by atoms with Gasteiger partial charge in [-0.25, -0.2) is 9.78 Å². The number of anilines is 1. The molecule has 2 rings (SSSR count). The van der Waals surface area contributed by atoms with Gasteiger partial charge in [-0.1, -0.05) is 46.4 Å². The fraction of sp³-hybridized carbons (Fsp3) is 0.133. The van der Waals surface area contributed by atoms with Crippen molar-refractivity contribution in [3.63, 3.8) is 0 Å². The number of amides is 1. The summed E-state index contributed by atoms with van der Waals surface area (Å²) in [4.78, 5) is 28.2. The zero-order chi connectivity index (χ0) is 18.7. The Morgan fingerprint density at radius 2 is 1.72 bits per heavy atom. The van der Waals surface area contributed by atoms with Crippen LogP contribution in [0.25, 0.3) is 0 Å². The van der Waals surface area contributed by atoms with Crippen LogP contribution in [0.2, 0.25) is 20.2 Å². The van der Waals surface area contributed by atoms with Crippen molar-refractivity contribution in [2.45, 2.75) is 0 Å². The maximum atomic E-state index is 12.5. The molecular formula is C15H10Cl4N2O4. The third kappa shape index (κ3) is 4.10. The van der Waals surface area contributed by atoms with Crippen LogP contribution in [0.15, 0.2) is 18.2 Å². The van der Waals surface area contributed by atoms with Crippen LogP contribution in [0, 0.1) is 0 Å². The molecule has 0 aliphatic carbocycles. The SMILES string of the molecule is COC(=O)c1cc(OC)ccc1NC(=O)c1nc(Cl)c(Cl)c(Cl)c1Cl. The molecule has 1 aromatic carbocycles. The van der Waals surface area contributed by atoms with E-state index in [0.717, 1.165) is 0 Å². The number of halogens is 4. The van der Waals surface area contributed by atoms with Crippen molar-refractivity contribution in [1.29, 1.82) is 0 Å². The molecule has 6 nitrogen and oxygen atoms in total. The van der Waals surface area contributed by atoms with Gasteiger partial charge in [-0.05, 0) is 18.2 Å². The number of ether oxygens (including phenoxy) is 2. The van der Waals surface area contributed by atoms with Crippen LogP contribution in [-0.2, 0) is 4.74 Å². The van der Waals surface area contributed by atoms with E-state index < -0.39 is 11.9 Å². The quantitative estimate of drug-likeness (QED) is 0.567. The van der Waals surface area contributed by atoms with Crippen molar-refractivity contribution in [3.8, 4) is 5.75 Å². The van der Waals surface area contributed by atoms with E-state index in [1.54, 1.807) is 6.07 Å². The number of esters is 1. The molecule has 0 fully saturated rings. The number of carbonyl (C=O) groups is 2. The largest absolute Gasteiger partial charge is 0.497 e. The third-order valence-electron chi connectivity index (χ3n) is 3.08. The molecule has 2 aromatic rings. The van der Waals surface area contributed by atoms with Crippen molar-refractivity contribution in [3.05, 3.63) is 49.7 Å². The van der Waals surface area contributed by atoms with E-state index in [1.807, 2.05) is 0 Å². The Morgan fingerprint density at radius 1 is 1.04 bits per heavy atom. The summed E-state index contributed by atoms with van der Waals surface area (Å²) in [5.41, 5.74) is 0.00268. The fourth-order valence-corrected chi connectivity index (χ4v) is 2.67. The Balaban J connectivity index is 2.44. The van der Waals surface area contributed by atoms with Gasteiger partial charge in [0.15, 0.2) is 0 Å². The van der Waals surface area contributed by atoms with Crippen LogP contribution in [0.5, 0.6) is 5.75 Å². The van der Waals surface area contributed by atoms with Crippen LogP contribution in [0.1, 0.15) is 20.8 Å². The van der Waals surface area contributed by atoms with E-state index in [-0.39, 0.29) is 37.2 Å². The highest BCUT2D eigenvalue weighted by Crippen LogP contribution is 2.36. The summed E-state index contributed by atoms with van der Waals surface area (Å²) in [5, 5.41) is 2.00. The zero-order valence-electron chi connectivity index (χ0n) is 12.8. The van der Waals surface area contributed by atoms with Gasteiger partial charge in [0.2, 0.25) is 0 Å². The molecule has 1 N–H and O–H groups in total. The molecule has 0 bridgehead atoms. The monoisotopic (exact) mass is 422 g/mol. The summed E-state index contributed by atoms with van der Waals surface area (Å²) in [6, 6.07) is 4.44. The van der Waals surface area contributed by atoms with E-state index in [1.165, 1.54) is 26.4 Å². The van der Waals surface area contributed by atoms with E-state index in [0.29, 0.717) is 5.75 Å². The molecular weight excluding hydrogens is 414 g/mol. The van der Waals surface area contributed by atoms with E-state index >= 15 is 0 Å². The number of aromatic nitrogens is 1. The van der Waals surface area contributed by atoms with Gasteiger partial charge in [-0.3, -0.25) is 4.79 Å². The van der Waals surface area contributed by atoms with Gasteiger partial charge < -0.3 is 14.8 Å². The number of benzene rings is 1. The molecule has 10 heteroatoms. The number of methoxy groups -OCH3 is 2. The van der Waals surface area contributed by atoms with Crippen molar-refractivity contribution < 1.29 is 19.1 Å². The van der Waals surface area contributed by atoms with Gasteiger partial charge in [-0.15, -0.1) is 0 Å². The molecule has 1 heterocycles. The molecule has 25 heavy (non-hydrogen) atoms. The van der Waals surface area contributed by atoms with Gasteiger partial charge in [0.1, 0.15) is 16.6 Å². The first kappa shape index (κ1) is 19.6. The lowest BCUT2D eigenvalue weighted by Gasteiger charge is -2.12. The van der Waals surface area contributed by atoms with Gasteiger partial charge >= 0.3 is 5.97 Å². The summed E-state index contributed by atoms with van der Waals surface area (Å²) in [6.07, 6.45) is 0. The fourth-order valence-electron chi connectivity index (χ4n) is 1.86. The second-order valence-electron chi connectivity index (χ2n) is 4.55. The first-order chi connectivity index (χ1) is 11.8. The van der Waals surface area contributed by atoms with Crippen LogP contribution in [0.3, 0.4) is 0 Å². The molecule has 0 aliphatic heterocycles. The molecule has 0 spiro atoms. The summed E-state index contributed by atoms with van der Waals surface area (Å²) in [7, 11) is 2.65. The van der Waals surface area contributed by atoms with Crippen molar-refractivity contribution in [2.75, 3.05) is 19.5 Å². The Kier molecular flexibility index (Phi) is 6.35. The Labute approximate surface area is 162 Å². The molecule has 0 radical (unpaired) electrons. The first-order valence-corrected chi connectivity index (χ1v) is 8.09. The average Bonchev–Trinajstić information content (AvgIpc) is 2.62. The van der Waals surface area contributed by atoms with Crippen LogP contribution >= 0.6 is 46.4 Å².